The van der Waals surface area contributed by atoms with E-state index in [1.54, 1.807) is 37.1 Å². The van der Waals surface area contributed by atoms with Gasteiger partial charge in [-0.15, -0.1) is 0 Å². The molecule has 0 fully saturated rings. The van der Waals surface area contributed by atoms with E-state index in [9.17, 15) is 18.0 Å². The van der Waals surface area contributed by atoms with Gasteiger partial charge in [-0.1, -0.05) is 36.4 Å². The van der Waals surface area contributed by atoms with Crippen molar-refractivity contribution >= 4 is 38.3 Å². The van der Waals surface area contributed by atoms with Crippen LogP contribution < -0.4 is 14.4 Å². The molecule has 0 spiro atoms. The summed E-state index contributed by atoms with van der Waals surface area (Å²) in [7, 11) is -2.09. The number of benzene rings is 3. The number of nitrogens with one attached hydrogen (secondary N) is 1. The first-order valence-electron chi connectivity index (χ1n) is 12.0. The van der Waals surface area contributed by atoms with E-state index < -0.39 is 16.1 Å². The van der Waals surface area contributed by atoms with Gasteiger partial charge in [-0.05, 0) is 55.5 Å². The summed E-state index contributed by atoms with van der Waals surface area (Å²) in [5, 5.41) is 4.37. The molecule has 190 valence electrons. The van der Waals surface area contributed by atoms with Gasteiger partial charge in [0.1, 0.15) is 11.8 Å². The van der Waals surface area contributed by atoms with Crippen LogP contribution in [0.2, 0.25) is 0 Å². The molecule has 36 heavy (non-hydrogen) atoms. The summed E-state index contributed by atoms with van der Waals surface area (Å²) in [5.41, 5.74) is 1.51. The highest BCUT2D eigenvalue weighted by molar-refractivity contribution is 7.93. The van der Waals surface area contributed by atoms with Gasteiger partial charge in [0.2, 0.25) is 11.8 Å². The zero-order valence-electron chi connectivity index (χ0n) is 20.7. The second kappa shape index (κ2) is 10.6. The maximum Gasteiger partial charge on any atom is 0.265 e. The molecule has 0 unspecified atom stereocenters. The van der Waals surface area contributed by atoms with Crippen molar-refractivity contribution in [2.24, 2.45) is 0 Å². The first-order valence-corrected chi connectivity index (χ1v) is 13.5. The van der Waals surface area contributed by atoms with E-state index in [-0.39, 0.29) is 31.3 Å². The van der Waals surface area contributed by atoms with Crippen LogP contribution >= 0.6 is 0 Å². The van der Waals surface area contributed by atoms with Crippen LogP contribution in [0.25, 0.3) is 10.8 Å². The number of amides is 2. The van der Waals surface area contributed by atoms with Gasteiger partial charge in [0.15, 0.2) is 0 Å². The molecule has 0 aromatic heterocycles. The number of methoxy groups -OCH3 is 1. The van der Waals surface area contributed by atoms with E-state index in [1.807, 2.05) is 49.4 Å². The standard InChI is InChI=1S/C27H31N3O5S/c1-4-28-27(32)19(2)29(18-20-13-15-22(35-3)16-14-20)25(31)12-7-17-30-23-10-5-8-21-9-6-11-24(26(21)23)36(30,33)34/h5-6,8-11,13-16,19H,4,7,12,17-18H2,1-3H3,(H,28,32)/t19-/m0/s1. The van der Waals surface area contributed by atoms with Gasteiger partial charge in [-0.3, -0.25) is 13.9 Å². The number of anilines is 1. The zero-order chi connectivity index (χ0) is 25.9. The Morgan fingerprint density at radius 2 is 1.75 bits per heavy atom. The normalized spacial score (nSPS) is 14.5. The lowest BCUT2D eigenvalue weighted by Crippen LogP contribution is -2.47. The van der Waals surface area contributed by atoms with Crippen molar-refractivity contribution in [2.45, 2.75) is 44.2 Å². The fourth-order valence-electron chi connectivity index (χ4n) is 4.55. The van der Waals surface area contributed by atoms with Crippen LogP contribution in [0.15, 0.2) is 65.6 Å². The van der Waals surface area contributed by atoms with Crippen molar-refractivity contribution in [2.75, 3.05) is 24.5 Å². The summed E-state index contributed by atoms with van der Waals surface area (Å²) in [6, 6.07) is 17.5. The highest BCUT2D eigenvalue weighted by Crippen LogP contribution is 2.42. The van der Waals surface area contributed by atoms with Gasteiger partial charge in [-0.25, -0.2) is 8.42 Å². The van der Waals surface area contributed by atoms with Crippen LogP contribution in [-0.2, 0) is 26.2 Å². The Morgan fingerprint density at radius 1 is 1.06 bits per heavy atom. The fraction of sp³-hybridized carbons (Fsp3) is 0.333. The van der Waals surface area contributed by atoms with Crippen LogP contribution in [0, 0.1) is 0 Å². The summed E-state index contributed by atoms with van der Waals surface area (Å²) < 4.78 is 33.0. The van der Waals surface area contributed by atoms with E-state index in [1.165, 1.54) is 4.31 Å². The first-order chi connectivity index (χ1) is 17.3. The van der Waals surface area contributed by atoms with Crippen LogP contribution in [-0.4, -0.2) is 51.4 Å². The molecule has 0 bridgehead atoms. The van der Waals surface area contributed by atoms with Crippen LogP contribution in [0.4, 0.5) is 5.69 Å². The number of carbonyl (C=O) groups excluding carboxylic acids is 2. The Hall–Kier alpha value is -3.59. The summed E-state index contributed by atoms with van der Waals surface area (Å²) in [4.78, 5) is 27.7. The molecule has 8 nitrogen and oxygen atoms in total. The van der Waals surface area contributed by atoms with E-state index in [0.717, 1.165) is 16.3 Å². The van der Waals surface area contributed by atoms with Gasteiger partial charge in [-0.2, -0.15) is 0 Å². The number of sulfonamides is 1. The number of hydrogen-bond acceptors (Lipinski definition) is 5. The Balaban J connectivity index is 1.49. The number of nitrogens with zero attached hydrogens (tertiary/aromatic N) is 2. The summed E-state index contributed by atoms with van der Waals surface area (Å²) in [5.74, 6) is 0.261. The minimum atomic E-state index is -3.68. The number of likely N-dealkylation sites (N-methyl/N-ethyl adjacent to an activating group) is 1. The Kier molecular flexibility index (Phi) is 7.49. The molecule has 1 aliphatic heterocycles. The molecule has 3 aromatic carbocycles. The summed E-state index contributed by atoms with van der Waals surface area (Å²) >= 11 is 0. The third-order valence-corrected chi connectivity index (χ3v) is 8.32. The molecule has 4 rings (SSSR count). The molecule has 0 aliphatic carbocycles. The van der Waals surface area contributed by atoms with Gasteiger partial charge in [0, 0.05) is 31.4 Å². The molecule has 9 heteroatoms. The Bertz CT molecular complexity index is 1370. The monoisotopic (exact) mass is 509 g/mol. The lowest BCUT2D eigenvalue weighted by atomic mass is 10.1. The average Bonchev–Trinajstić information content (AvgIpc) is 3.10. The van der Waals surface area contributed by atoms with Crippen molar-refractivity contribution < 1.29 is 22.7 Å². The summed E-state index contributed by atoms with van der Waals surface area (Å²) in [6.07, 6.45) is 0.432. The van der Waals surface area contributed by atoms with Gasteiger partial charge in [0.25, 0.3) is 10.0 Å². The molecule has 1 heterocycles. The maximum atomic E-state index is 13.3. The van der Waals surface area contributed by atoms with E-state index in [0.29, 0.717) is 29.3 Å². The smallest absolute Gasteiger partial charge is 0.265 e. The van der Waals surface area contributed by atoms with Crippen molar-refractivity contribution in [3.05, 3.63) is 66.2 Å². The van der Waals surface area contributed by atoms with Gasteiger partial charge >= 0.3 is 0 Å². The molecule has 3 aromatic rings. The third kappa shape index (κ3) is 4.88. The quantitative estimate of drug-likeness (QED) is 0.450. The fourth-order valence-corrected chi connectivity index (χ4v) is 6.30. The highest BCUT2D eigenvalue weighted by Gasteiger charge is 2.35. The second-order valence-corrected chi connectivity index (χ2v) is 10.6. The molecule has 1 atom stereocenters. The molecule has 2 amide bonds. The summed E-state index contributed by atoms with van der Waals surface area (Å²) in [6.45, 7) is 4.43. The van der Waals surface area contributed by atoms with E-state index >= 15 is 0 Å². The van der Waals surface area contributed by atoms with Crippen molar-refractivity contribution in [1.29, 1.82) is 0 Å². The number of rotatable bonds is 10. The van der Waals surface area contributed by atoms with Crippen LogP contribution in [0.5, 0.6) is 5.75 Å². The number of hydrogen-bond donors (Lipinski definition) is 1. The average molecular weight is 510 g/mol. The second-order valence-electron chi connectivity index (χ2n) is 8.75. The predicted octanol–water partition coefficient (Wildman–Crippen LogP) is 3.69. The third-order valence-electron chi connectivity index (χ3n) is 6.46. The van der Waals surface area contributed by atoms with Crippen LogP contribution in [0.3, 0.4) is 0 Å². The van der Waals surface area contributed by atoms with Crippen molar-refractivity contribution in [3.63, 3.8) is 0 Å². The lowest BCUT2D eigenvalue weighted by Gasteiger charge is -2.29. The minimum Gasteiger partial charge on any atom is -0.497 e. The van der Waals surface area contributed by atoms with Gasteiger partial charge < -0.3 is 15.0 Å². The number of carbonyl (C=O) groups is 2. The topological polar surface area (TPSA) is 96.0 Å². The van der Waals surface area contributed by atoms with E-state index in [2.05, 4.69) is 5.32 Å². The molecular formula is C27H31N3O5S. The molecule has 0 radical (unpaired) electrons. The Morgan fingerprint density at radius 3 is 2.42 bits per heavy atom. The zero-order valence-corrected chi connectivity index (χ0v) is 21.5. The lowest BCUT2D eigenvalue weighted by molar-refractivity contribution is -0.140. The Labute approximate surface area is 211 Å². The van der Waals surface area contributed by atoms with Crippen molar-refractivity contribution in [3.8, 4) is 5.75 Å². The predicted molar refractivity (Wildman–Crippen MR) is 139 cm³/mol. The number of ether oxygens (including phenoxy) is 1. The van der Waals surface area contributed by atoms with Crippen LogP contribution in [0.1, 0.15) is 32.3 Å². The molecule has 0 saturated heterocycles. The molecule has 1 N–H and O–H groups in total. The van der Waals surface area contributed by atoms with Gasteiger partial charge in [0.05, 0.1) is 17.7 Å². The molecule has 0 saturated carbocycles. The largest absolute Gasteiger partial charge is 0.497 e. The highest BCUT2D eigenvalue weighted by atomic mass is 32.2. The molecular weight excluding hydrogens is 478 g/mol. The minimum absolute atomic E-state index is 0.109. The molecule has 1 aliphatic rings. The van der Waals surface area contributed by atoms with Crippen molar-refractivity contribution in [1.82, 2.24) is 10.2 Å². The van der Waals surface area contributed by atoms with E-state index in [4.69, 9.17) is 4.74 Å². The first kappa shape index (κ1) is 25.5. The SMILES string of the molecule is CCNC(=O)[C@H](C)N(Cc1ccc(OC)cc1)C(=O)CCCN1c2cccc3cccc(c23)S1(=O)=O. The maximum absolute atomic E-state index is 13.3.